The maximum atomic E-state index is 13.0. The molecule has 0 aromatic heterocycles. The summed E-state index contributed by atoms with van der Waals surface area (Å²) in [7, 11) is -3.62. The van der Waals surface area contributed by atoms with E-state index in [4.69, 9.17) is 5.73 Å². The fourth-order valence-corrected chi connectivity index (χ4v) is 4.31. The molecule has 1 aromatic rings. The van der Waals surface area contributed by atoms with Crippen LogP contribution in [0.5, 0.6) is 0 Å². The fraction of sp³-hybridized carbons (Fsp3) is 0.647. The average Bonchev–Trinajstić information content (AvgIpc) is 2.50. The molecule has 5 nitrogen and oxygen atoms in total. The summed E-state index contributed by atoms with van der Waals surface area (Å²) in [5.41, 5.74) is 6.52. The smallest absolute Gasteiger partial charge is 0.243 e. The van der Waals surface area contributed by atoms with Crippen LogP contribution in [0.1, 0.15) is 38.7 Å². The highest BCUT2D eigenvalue weighted by atomic mass is 32.2. The Morgan fingerprint density at radius 3 is 2.26 bits per heavy atom. The van der Waals surface area contributed by atoms with Crippen molar-refractivity contribution in [3.8, 4) is 0 Å². The highest BCUT2D eigenvalue weighted by Gasteiger charge is 2.31. The number of nitrogens with two attached hydrogens (primary N) is 1. The summed E-state index contributed by atoms with van der Waals surface area (Å²) >= 11 is 0. The number of aliphatic hydroxyl groups is 1. The Kier molecular flexibility index (Phi) is 8.19. The first kappa shape index (κ1) is 20.1. The predicted octanol–water partition coefficient (Wildman–Crippen LogP) is 2.13. The molecule has 132 valence electrons. The molecule has 1 aromatic carbocycles. The predicted molar refractivity (Wildman–Crippen MR) is 93.7 cm³/mol. The van der Waals surface area contributed by atoms with Gasteiger partial charge in [0.25, 0.3) is 0 Å². The maximum absolute atomic E-state index is 13.0. The summed E-state index contributed by atoms with van der Waals surface area (Å²) in [6, 6.07) is 6.44. The summed E-state index contributed by atoms with van der Waals surface area (Å²) in [6.07, 6.45) is 2.25. The number of sulfonamides is 1. The largest absolute Gasteiger partial charge is 0.395 e. The zero-order chi connectivity index (χ0) is 17.5. The van der Waals surface area contributed by atoms with E-state index in [1.165, 1.54) is 4.31 Å². The van der Waals surface area contributed by atoms with Gasteiger partial charge in [0.1, 0.15) is 0 Å². The van der Waals surface area contributed by atoms with Gasteiger partial charge < -0.3 is 10.8 Å². The first-order chi connectivity index (χ1) is 10.8. The van der Waals surface area contributed by atoms with Crippen molar-refractivity contribution < 1.29 is 13.5 Å². The van der Waals surface area contributed by atoms with E-state index in [0.29, 0.717) is 19.5 Å². The van der Waals surface area contributed by atoms with Crippen LogP contribution in [0, 0.1) is 12.8 Å². The molecule has 0 aliphatic heterocycles. The van der Waals surface area contributed by atoms with Crippen molar-refractivity contribution in [2.24, 2.45) is 11.7 Å². The number of nitrogens with zero attached hydrogens (tertiary/aromatic N) is 1. The molecule has 0 saturated carbocycles. The third-order valence-electron chi connectivity index (χ3n) is 3.78. The van der Waals surface area contributed by atoms with Gasteiger partial charge in [0.05, 0.1) is 11.5 Å². The lowest BCUT2D eigenvalue weighted by atomic mass is 10.1. The first-order valence-electron chi connectivity index (χ1n) is 8.22. The van der Waals surface area contributed by atoms with Crippen LogP contribution in [0.3, 0.4) is 0 Å². The topological polar surface area (TPSA) is 83.6 Å². The van der Waals surface area contributed by atoms with E-state index in [1.807, 2.05) is 20.8 Å². The van der Waals surface area contributed by atoms with Crippen LogP contribution in [0.25, 0.3) is 0 Å². The Balaban J connectivity index is 3.09. The standard InChI is InChI=1S/C17H30N2O3S/c1-14(2)12-19(16(13-20)6-4-5-11-18)23(21,22)17-9-7-15(3)8-10-17/h7-10,14,16,20H,4-6,11-13,18H2,1-3H3. The zero-order valence-corrected chi connectivity index (χ0v) is 15.2. The van der Waals surface area contributed by atoms with Gasteiger partial charge in [0, 0.05) is 12.6 Å². The number of hydrogen-bond donors (Lipinski definition) is 2. The lowest BCUT2D eigenvalue weighted by Crippen LogP contribution is -2.44. The number of hydrogen-bond acceptors (Lipinski definition) is 4. The van der Waals surface area contributed by atoms with Crippen molar-refractivity contribution >= 4 is 10.0 Å². The molecule has 0 amide bonds. The summed E-state index contributed by atoms with van der Waals surface area (Å²) in [5.74, 6) is 0.179. The molecule has 0 heterocycles. The van der Waals surface area contributed by atoms with E-state index < -0.39 is 16.1 Å². The molecule has 0 saturated heterocycles. The monoisotopic (exact) mass is 342 g/mol. The van der Waals surface area contributed by atoms with Crippen molar-refractivity contribution in [1.29, 1.82) is 0 Å². The van der Waals surface area contributed by atoms with Gasteiger partial charge >= 0.3 is 0 Å². The molecule has 0 aliphatic rings. The van der Waals surface area contributed by atoms with Crippen molar-refractivity contribution in [1.82, 2.24) is 4.31 Å². The highest BCUT2D eigenvalue weighted by molar-refractivity contribution is 7.89. The highest BCUT2D eigenvalue weighted by Crippen LogP contribution is 2.22. The van der Waals surface area contributed by atoms with Crippen LogP contribution in [-0.2, 0) is 10.0 Å². The third kappa shape index (κ3) is 5.88. The minimum absolute atomic E-state index is 0.178. The van der Waals surface area contributed by atoms with Crippen molar-refractivity contribution in [2.45, 2.75) is 51.0 Å². The Hall–Kier alpha value is -0.950. The summed E-state index contributed by atoms with van der Waals surface area (Å²) in [6.45, 7) is 6.67. The second kappa shape index (κ2) is 9.37. The SMILES string of the molecule is Cc1ccc(S(=O)(=O)N(CC(C)C)C(CO)CCCCN)cc1. The van der Waals surface area contributed by atoms with Gasteiger partial charge in [-0.3, -0.25) is 0 Å². The number of benzene rings is 1. The third-order valence-corrected chi connectivity index (χ3v) is 5.71. The van der Waals surface area contributed by atoms with Gasteiger partial charge in [-0.25, -0.2) is 8.42 Å². The normalized spacial score (nSPS) is 13.7. The van der Waals surface area contributed by atoms with E-state index in [2.05, 4.69) is 0 Å². The van der Waals surface area contributed by atoms with Crippen LogP contribution in [0.15, 0.2) is 29.2 Å². The van der Waals surface area contributed by atoms with Crippen LogP contribution in [-0.4, -0.2) is 43.6 Å². The molecule has 0 spiro atoms. The molecule has 1 unspecified atom stereocenters. The summed E-state index contributed by atoms with van der Waals surface area (Å²) in [5, 5.41) is 9.73. The van der Waals surface area contributed by atoms with Crippen LogP contribution >= 0.6 is 0 Å². The lowest BCUT2D eigenvalue weighted by molar-refractivity contribution is 0.168. The van der Waals surface area contributed by atoms with Crippen molar-refractivity contribution in [3.63, 3.8) is 0 Å². The van der Waals surface area contributed by atoms with Crippen LogP contribution < -0.4 is 5.73 Å². The quantitative estimate of drug-likeness (QED) is 0.638. The summed E-state index contributed by atoms with van der Waals surface area (Å²) in [4.78, 5) is 0.279. The van der Waals surface area contributed by atoms with Crippen LogP contribution in [0.4, 0.5) is 0 Å². The molecule has 23 heavy (non-hydrogen) atoms. The number of aryl methyl sites for hydroxylation is 1. The second-order valence-electron chi connectivity index (χ2n) is 6.40. The van der Waals surface area contributed by atoms with Gasteiger partial charge in [-0.15, -0.1) is 0 Å². The van der Waals surface area contributed by atoms with E-state index in [9.17, 15) is 13.5 Å². The average molecular weight is 343 g/mol. The molecule has 0 bridgehead atoms. The Bertz CT molecular complexity index is 556. The summed E-state index contributed by atoms with van der Waals surface area (Å²) < 4.78 is 27.5. The molecule has 0 radical (unpaired) electrons. The number of rotatable bonds is 10. The van der Waals surface area contributed by atoms with Crippen molar-refractivity contribution in [2.75, 3.05) is 19.7 Å². The number of aliphatic hydroxyl groups excluding tert-OH is 1. The van der Waals surface area contributed by atoms with Gasteiger partial charge in [0.2, 0.25) is 10.0 Å². The Labute approximate surface area is 140 Å². The van der Waals surface area contributed by atoms with E-state index >= 15 is 0 Å². The van der Waals surface area contributed by atoms with E-state index in [0.717, 1.165) is 18.4 Å². The number of unbranched alkanes of at least 4 members (excludes halogenated alkanes) is 1. The van der Waals surface area contributed by atoms with Gasteiger partial charge in [-0.05, 0) is 44.4 Å². The molecule has 1 rings (SSSR count). The molecular formula is C17H30N2O3S. The van der Waals surface area contributed by atoms with E-state index in [1.54, 1.807) is 24.3 Å². The van der Waals surface area contributed by atoms with E-state index in [-0.39, 0.29) is 17.4 Å². The molecule has 1 atom stereocenters. The molecular weight excluding hydrogens is 312 g/mol. The lowest BCUT2D eigenvalue weighted by Gasteiger charge is -2.31. The first-order valence-corrected chi connectivity index (χ1v) is 9.66. The van der Waals surface area contributed by atoms with Gasteiger partial charge in [-0.2, -0.15) is 4.31 Å². The molecule has 0 fully saturated rings. The Morgan fingerprint density at radius 2 is 1.78 bits per heavy atom. The Morgan fingerprint density at radius 1 is 1.17 bits per heavy atom. The molecule has 0 aliphatic carbocycles. The zero-order valence-electron chi connectivity index (χ0n) is 14.4. The fourth-order valence-electron chi connectivity index (χ4n) is 2.50. The van der Waals surface area contributed by atoms with Crippen molar-refractivity contribution in [3.05, 3.63) is 29.8 Å². The maximum Gasteiger partial charge on any atom is 0.243 e. The van der Waals surface area contributed by atoms with Crippen LogP contribution in [0.2, 0.25) is 0 Å². The molecule has 6 heteroatoms. The van der Waals surface area contributed by atoms with Gasteiger partial charge in [-0.1, -0.05) is 38.0 Å². The second-order valence-corrected chi connectivity index (χ2v) is 8.29. The molecule has 3 N–H and O–H groups in total. The minimum Gasteiger partial charge on any atom is -0.395 e. The minimum atomic E-state index is -3.62. The van der Waals surface area contributed by atoms with Gasteiger partial charge in [0.15, 0.2) is 0 Å².